The monoisotopic (exact) mass is 1000 g/mol. The number of benzene rings is 3. The van der Waals surface area contributed by atoms with Crippen molar-refractivity contribution in [1.29, 1.82) is 5.26 Å². The van der Waals surface area contributed by atoms with E-state index in [1.807, 2.05) is 18.3 Å². The first-order valence-corrected chi connectivity index (χ1v) is 24.5. The molecule has 1 fully saturated rings. The number of H-pyrrole nitrogens is 1. The van der Waals surface area contributed by atoms with Crippen LogP contribution in [0.4, 0.5) is 5.69 Å². The summed E-state index contributed by atoms with van der Waals surface area (Å²) < 4.78 is 35.0. The fraction of sp³-hybridized carbons (Fsp3) is 0.434. The molecule has 1 atom stereocenters. The molecule has 3 aromatic carbocycles. The van der Waals surface area contributed by atoms with Crippen molar-refractivity contribution in [2.24, 2.45) is 0 Å². The average molecular weight is 1000 g/mol. The van der Waals surface area contributed by atoms with Gasteiger partial charge in [-0.2, -0.15) is 10.4 Å². The largest absolute Gasteiger partial charge is 0.382 e. The normalized spacial score (nSPS) is 15.8. The first kappa shape index (κ1) is 52.2. The van der Waals surface area contributed by atoms with Crippen LogP contribution in [0.15, 0.2) is 60.9 Å². The second-order valence-corrected chi connectivity index (χ2v) is 18.2. The summed E-state index contributed by atoms with van der Waals surface area (Å²) in [6.45, 7) is 11.5. The molecule has 2 aromatic heterocycles. The van der Waals surface area contributed by atoms with Gasteiger partial charge in [0.25, 0.3) is 11.8 Å². The molecule has 20 heteroatoms. The summed E-state index contributed by atoms with van der Waals surface area (Å²) in [5.41, 5.74) is 7.51. The Hall–Kier alpha value is -7.12. The standard InChI is InChI=1S/C53H60N8O12/c1-4-34-27-39-40(53(2,3)49-47(48(39)64)36-9-8-33(29-54)26-42(36)58-49)28-38(34)35-30-57-60(31-35)32-45(63)56-13-15-69-17-19-71-21-23-73-25-24-72-22-20-70-18-16-68-14-12-55-41-7-5-6-37-46(41)52(67)61(51(37)66)43-10-11-44(62)59-50(43)65/h5-9,26-28,30-31,43,55,58H,4,10-25,32H2,1-3H3,(H,56,63)(H,59,62,65). The van der Waals surface area contributed by atoms with Gasteiger partial charge in [0, 0.05) is 64.5 Å². The molecule has 5 aromatic rings. The first-order chi connectivity index (χ1) is 35.4. The highest BCUT2D eigenvalue weighted by Gasteiger charge is 2.46. The number of anilines is 1. The second-order valence-electron chi connectivity index (χ2n) is 18.2. The summed E-state index contributed by atoms with van der Waals surface area (Å²) in [7, 11) is 0. The van der Waals surface area contributed by atoms with Gasteiger partial charge in [0.05, 0.1) is 114 Å². The van der Waals surface area contributed by atoms with E-state index >= 15 is 0 Å². The van der Waals surface area contributed by atoms with Gasteiger partial charge in [0.15, 0.2) is 5.78 Å². The van der Waals surface area contributed by atoms with Gasteiger partial charge in [-0.1, -0.05) is 32.9 Å². The minimum Gasteiger partial charge on any atom is -0.382 e. The number of nitriles is 1. The van der Waals surface area contributed by atoms with Crippen molar-refractivity contribution in [2.45, 2.75) is 58.0 Å². The van der Waals surface area contributed by atoms with E-state index in [4.69, 9.17) is 28.4 Å². The maximum Gasteiger partial charge on any atom is 0.264 e. The lowest BCUT2D eigenvalue weighted by molar-refractivity contribution is -0.136. The number of rotatable bonds is 27. The van der Waals surface area contributed by atoms with Gasteiger partial charge in [0.2, 0.25) is 17.7 Å². The third kappa shape index (κ3) is 11.9. The second kappa shape index (κ2) is 24.1. The number of aromatic nitrogens is 3. The molecule has 384 valence electrons. The number of ether oxygens (including phenoxy) is 6. The molecule has 1 aliphatic carbocycles. The van der Waals surface area contributed by atoms with Crippen molar-refractivity contribution in [3.63, 3.8) is 0 Å². The third-order valence-corrected chi connectivity index (χ3v) is 13.0. The lowest BCUT2D eigenvalue weighted by Gasteiger charge is -2.33. The van der Waals surface area contributed by atoms with E-state index in [2.05, 4.69) is 58.9 Å². The highest BCUT2D eigenvalue weighted by Crippen LogP contribution is 2.46. The predicted molar refractivity (Wildman–Crippen MR) is 265 cm³/mol. The number of carbonyl (C=O) groups excluding carboxylic acids is 6. The van der Waals surface area contributed by atoms with Crippen LogP contribution in [0, 0.1) is 11.3 Å². The minimum absolute atomic E-state index is 0.0352. The van der Waals surface area contributed by atoms with Gasteiger partial charge >= 0.3 is 0 Å². The summed E-state index contributed by atoms with van der Waals surface area (Å²) in [6.07, 6.45) is 4.43. The molecule has 0 bridgehead atoms. The Morgan fingerprint density at radius 1 is 0.795 bits per heavy atom. The summed E-state index contributed by atoms with van der Waals surface area (Å²) in [5.74, 6) is -2.45. The maximum absolute atomic E-state index is 14.0. The molecule has 1 unspecified atom stereocenters. The number of ketones is 1. The fourth-order valence-corrected chi connectivity index (χ4v) is 9.33. The Kier molecular flexibility index (Phi) is 17.2. The zero-order chi connectivity index (χ0) is 51.5. The Morgan fingerprint density at radius 3 is 2.10 bits per heavy atom. The molecule has 20 nitrogen and oxygen atoms in total. The van der Waals surface area contributed by atoms with E-state index in [1.165, 1.54) is 0 Å². The van der Waals surface area contributed by atoms with Gasteiger partial charge in [-0.25, -0.2) is 0 Å². The Labute approximate surface area is 421 Å². The van der Waals surface area contributed by atoms with Crippen LogP contribution in [0.3, 0.4) is 0 Å². The summed E-state index contributed by atoms with van der Waals surface area (Å²) >= 11 is 0. The number of piperidine rings is 1. The van der Waals surface area contributed by atoms with E-state index in [0.29, 0.717) is 121 Å². The summed E-state index contributed by atoms with van der Waals surface area (Å²) in [6, 6.07) is 15.5. The highest BCUT2D eigenvalue weighted by atomic mass is 16.6. The van der Waals surface area contributed by atoms with Crippen LogP contribution in [0.1, 0.15) is 92.6 Å². The smallest absolute Gasteiger partial charge is 0.264 e. The molecular weight excluding hydrogens is 941 g/mol. The zero-order valence-corrected chi connectivity index (χ0v) is 41.3. The van der Waals surface area contributed by atoms with Crippen LogP contribution in [0.25, 0.3) is 22.0 Å². The lowest BCUT2D eigenvalue weighted by Crippen LogP contribution is -2.54. The number of nitrogens with zero attached hydrogens (tertiary/aromatic N) is 4. The Bertz CT molecular complexity index is 2920. The molecule has 4 N–H and O–H groups in total. The van der Waals surface area contributed by atoms with Gasteiger partial charge in [-0.05, 0) is 65.9 Å². The number of hydrogen-bond acceptors (Lipinski definition) is 15. The molecular formula is C53H60N8O12. The average Bonchev–Trinajstić information content (AvgIpc) is 4.09. The van der Waals surface area contributed by atoms with E-state index in [0.717, 1.165) is 43.8 Å². The SMILES string of the molecule is CCc1cc2c(cc1-c1cnn(CC(=O)NCCOCCOCCOCCOCCOCCOCCNc3cccc4c3C(=O)N(C3CCC(=O)NC3=O)C4=O)c1)C(C)(C)c1[nH]c3cc(C#N)ccc3c1C2=O. The molecule has 5 amide bonds. The minimum atomic E-state index is -1.03. The topological polar surface area (TPSA) is 255 Å². The van der Waals surface area contributed by atoms with E-state index in [-0.39, 0.29) is 42.2 Å². The molecule has 1 saturated heterocycles. The number of amides is 5. The van der Waals surface area contributed by atoms with Gasteiger partial charge in [-0.3, -0.25) is 43.7 Å². The van der Waals surface area contributed by atoms with Crippen LogP contribution in [0.2, 0.25) is 0 Å². The van der Waals surface area contributed by atoms with Crippen LogP contribution in [-0.2, 0) is 61.2 Å². The molecule has 0 spiro atoms. The number of imide groups is 2. The molecule has 2 aliphatic heterocycles. The molecule has 0 saturated carbocycles. The number of fused-ring (bicyclic) bond motifs is 5. The van der Waals surface area contributed by atoms with Crippen LogP contribution in [-0.4, -0.2) is 153 Å². The Morgan fingerprint density at radius 2 is 1.45 bits per heavy atom. The van der Waals surface area contributed by atoms with Crippen molar-refractivity contribution in [3.05, 3.63) is 106 Å². The molecule has 0 radical (unpaired) electrons. The maximum atomic E-state index is 14.0. The van der Waals surface area contributed by atoms with Crippen LogP contribution in [0.5, 0.6) is 0 Å². The first-order valence-electron chi connectivity index (χ1n) is 24.5. The van der Waals surface area contributed by atoms with E-state index in [9.17, 15) is 34.0 Å². The summed E-state index contributed by atoms with van der Waals surface area (Å²) in [5, 5.41) is 22.9. The van der Waals surface area contributed by atoms with Crippen molar-refractivity contribution in [3.8, 4) is 17.2 Å². The molecule has 8 rings (SSSR count). The quantitative estimate of drug-likeness (QED) is 0.0428. The van der Waals surface area contributed by atoms with Crippen LogP contribution >= 0.6 is 0 Å². The van der Waals surface area contributed by atoms with Gasteiger partial charge in [-0.15, -0.1) is 0 Å². The van der Waals surface area contributed by atoms with Gasteiger partial charge < -0.3 is 44.0 Å². The zero-order valence-electron chi connectivity index (χ0n) is 41.3. The lowest BCUT2D eigenvalue weighted by atomic mass is 9.70. The molecule has 3 aliphatic rings. The van der Waals surface area contributed by atoms with Crippen molar-refractivity contribution < 1.29 is 57.2 Å². The predicted octanol–water partition coefficient (Wildman–Crippen LogP) is 4.06. The number of hydrogen-bond donors (Lipinski definition) is 4. The fourth-order valence-electron chi connectivity index (χ4n) is 9.33. The van der Waals surface area contributed by atoms with Gasteiger partial charge in [0.1, 0.15) is 12.6 Å². The Balaban J connectivity index is 0.620. The summed E-state index contributed by atoms with van der Waals surface area (Å²) in [4.78, 5) is 81.3. The van der Waals surface area contributed by atoms with E-state index < -0.39 is 35.1 Å². The number of nitrogens with one attached hydrogen (secondary N) is 4. The van der Waals surface area contributed by atoms with E-state index in [1.54, 1.807) is 41.2 Å². The number of carbonyl (C=O) groups is 6. The highest BCUT2D eigenvalue weighted by molar-refractivity contribution is 6.25. The third-order valence-electron chi connectivity index (χ3n) is 13.0. The number of aryl methyl sites for hydroxylation is 1. The van der Waals surface area contributed by atoms with Crippen molar-refractivity contribution in [1.82, 2.24) is 30.3 Å². The van der Waals surface area contributed by atoms with Crippen molar-refractivity contribution in [2.75, 3.05) is 97.7 Å². The van der Waals surface area contributed by atoms with Crippen LogP contribution < -0.4 is 16.0 Å². The molecule has 4 heterocycles. The van der Waals surface area contributed by atoms with Crippen molar-refractivity contribution >= 4 is 51.9 Å². The number of aromatic amines is 1. The molecule has 73 heavy (non-hydrogen) atoms.